The highest BCUT2D eigenvalue weighted by Crippen LogP contribution is 2.59. The minimum absolute atomic E-state index is 0.0879. The molecule has 0 aromatic carbocycles. The average molecular weight is 493 g/mol. The highest BCUT2D eigenvalue weighted by atomic mass is 32.2. The van der Waals surface area contributed by atoms with Gasteiger partial charge in [0.25, 0.3) is 0 Å². The van der Waals surface area contributed by atoms with Crippen molar-refractivity contribution >= 4 is 11.8 Å². The minimum atomic E-state index is -0.661. The Morgan fingerprint density at radius 2 is 1.88 bits per heavy atom. The standard InChI is InChI=1S/C29H48O4S/c1-6-29(33,7-2)14-9-15-34-20(4)27-26(32)18-24-21(10-8-13-28(24,27)5)11-12-22-16-23(30)17-25(31)19(22)3/h11-12,20,23-27,30-33H,3,6-10,13-18H2,1-2,4-5H3/b21-11+,22-12-/t20?,23-,24+,25+,26-,27+,28+/m1/s1. The first-order valence-electron chi connectivity index (χ1n) is 13.5. The highest BCUT2D eigenvalue weighted by molar-refractivity contribution is 7.99. The number of allylic oxidation sites excluding steroid dienone is 3. The molecule has 1 unspecified atom stereocenters. The van der Waals surface area contributed by atoms with Crippen molar-refractivity contribution in [2.45, 2.75) is 121 Å². The number of rotatable bonds is 9. The summed E-state index contributed by atoms with van der Waals surface area (Å²) in [6.45, 7) is 12.8. The normalized spacial score (nSPS) is 37.9. The third-order valence-electron chi connectivity index (χ3n) is 9.33. The van der Waals surface area contributed by atoms with Crippen molar-refractivity contribution in [2.75, 3.05) is 5.75 Å². The Bertz CT molecular complexity index is 770. The molecule has 4 nitrogen and oxygen atoms in total. The van der Waals surface area contributed by atoms with Crippen LogP contribution in [0.4, 0.5) is 0 Å². The van der Waals surface area contributed by atoms with E-state index in [0.29, 0.717) is 24.0 Å². The number of fused-ring (bicyclic) bond motifs is 1. The van der Waals surface area contributed by atoms with Gasteiger partial charge in [-0.3, -0.25) is 0 Å². The average Bonchev–Trinajstić information content (AvgIpc) is 3.08. The third kappa shape index (κ3) is 6.03. The summed E-state index contributed by atoms with van der Waals surface area (Å²) in [6.07, 6.45) is 11.3. The first-order valence-corrected chi connectivity index (χ1v) is 14.6. The molecule has 0 amide bonds. The predicted molar refractivity (Wildman–Crippen MR) is 143 cm³/mol. The molecule has 0 radical (unpaired) electrons. The second kappa shape index (κ2) is 11.6. The van der Waals surface area contributed by atoms with E-state index in [2.05, 4.69) is 46.4 Å². The summed E-state index contributed by atoms with van der Waals surface area (Å²) in [5.74, 6) is 1.66. The fourth-order valence-corrected chi connectivity index (χ4v) is 8.37. The van der Waals surface area contributed by atoms with E-state index in [-0.39, 0.29) is 17.4 Å². The van der Waals surface area contributed by atoms with Crippen LogP contribution in [-0.2, 0) is 0 Å². The number of aliphatic hydroxyl groups excluding tert-OH is 3. The molecule has 0 heterocycles. The lowest BCUT2D eigenvalue weighted by molar-refractivity contribution is 0.0232. The zero-order valence-corrected chi connectivity index (χ0v) is 22.6. The second-order valence-corrected chi connectivity index (χ2v) is 12.9. The summed E-state index contributed by atoms with van der Waals surface area (Å²) in [7, 11) is 0. The summed E-state index contributed by atoms with van der Waals surface area (Å²) in [5, 5.41) is 42.4. The Morgan fingerprint density at radius 1 is 1.18 bits per heavy atom. The van der Waals surface area contributed by atoms with Crippen molar-refractivity contribution in [2.24, 2.45) is 17.3 Å². The van der Waals surface area contributed by atoms with Gasteiger partial charge in [-0.1, -0.05) is 52.0 Å². The highest BCUT2D eigenvalue weighted by Gasteiger charge is 2.55. The number of hydrogen-bond donors (Lipinski definition) is 4. The number of thioether (sulfide) groups is 1. The minimum Gasteiger partial charge on any atom is -0.393 e. The van der Waals surface area contributed by atoms with Crippen LogP contribution >= 0.6 is 11.8 Å². The fourth-order valence-electron chi connectivity index (χ4n) is 6.98. The lowest BCUT2D eigenvalue weighted by atomic mass is 9.63. The van der Waals surface area contributed by atoms with Crippen LogP contribution in [0.25, 0.3) is 0 Å². The molecule has 3 fully saturated rings. The molecule has 3 aliphatic rings. The van der Waals surface area contributed by atoms with E-state index in [1.54, 1.807) is 0 Å². The largest absolute Gasteiger partial charge is 0.393 e. The lowest BCUT2D eigenvalue weighted by Gasteiger charge is -2.44. The maximum atomic E-state index is 11.2. The molecule has 0 bridgehead atoms. The summed E-state index contributed by atoms with van der Waals surface area (Å²) in [5.41, 5.74) is 2.64. The van der Waals surface area contributed by atoms with Gasteiger partial charge in [0.1, 0.15) is 0 Å². The molecule has 4 N–H and O–H groups in total. The first-order chi connectivity index (χ1) is 16.0. The van der Waals surface area contributed by atoms with E-state index in [1.165, 1.54) is 5.57 Å². The monoisotopic (exact) mass is 492 g/mol. The van der Waals surface area contributed by atoms with E-state index in [4.69, 9.17) is 0 Å². The number of hydrogen-bond acceptors (Lipinski definition) is 5. The Morgan fingerprint density at radius 3 is 2.56 bits per heavy atom. The molecule has 5 heteroatoms. The third-order valence-corrected chi connectivity index (χ3v) is 10.7. The van der Waals surface area contributed by atoms with Gasteiger partial charge in [-0.2, -0.15) is 11.8 Å². The van der Waals surface area contributed by atoms with Crippen LogP contribution in [0.5, 0.6) is 0 Å². The van der Waals surface area contributed by atoms with E-state index in [0.717, 1.165) is 68.3 Å². The topological polar surface area (TPSA) is 80.9 Å². The van der Waals surface area contributed by atoms with Gasteiger partial charge in [0.2, 0.25) is 0 Å². The van der Waals surface area contributed by atoms with Gasteiger partial charge in [0, 0.05) is 17.6 Å². The van der Waals surface area contributed by atoms with Crippen molar-refractivity contribution in [3.05, 3.63) is 35.5 Å². The maximum Gasteiger partial charge on any atom is 0.0811 e. The molecule has 3 saturated carbocycles. The van der Waals surface area contributed by atoms with Crippen LogP contribution in [0.2, 0.25) is 0 Å². The first kappa shape index (κ1) is 28.0. The van der Waals surface area contributed by atoms with Crippen LogP contribution in [0, 0.1) is 17.3 Å². The van der Waals surface area contributed by atoms with Crippen molar-refractivity contribution in [1.82, 2.24) is 0 Å². The molecule has 0 aliphatic heterocycles. The predicted octanol–water partition coefficient (Wildman–Crippen LogP) is 5.55. The zero-order valence-electron chi connectivity index (χ0n) is 21.8. The summed E-state index contributed by atoms with van der Waals surface area (Å²) < 4.78 is 0. The molecular weight excluding hydrogens is 444 g/mol. The van der Waals surface area contributed by atoms with Gasteiger partial charge >= 0.3 is 0 Å². The Balaban J connectivity index is 1.68. The van der Waals surface area contributed by atoms with Crippen LogP contribution < -0.4 is 0 Å². The van der Waals surface area contributed by atoms with Gasteiger partial charge in [0.05, 0.1) is 23.9 Å². The quantitative estimate of drug-likeness (QED) is 0.317. The van der Waals surface area contributed by atoms with E-state index in [9.17, 15) is 20.4 Å². The van der Waals surface area contributed by atoms with Gasteiger partial charge in [-0.25, -0.2) is 0 Å². The molecule has 34 heavy (non-hydrogen) atoms. The van der Waals surface area contributed by atoms with Gasteiger partial charge < -0.3 is 20.4 Å². The molecule has 0 aromatic heterocycles. The zero-order chi connectivity index (χ0) is 25.1. The molecule has 3 rings (SSSR count). The van der Waals surface area contributed by atoms with Crippen LogP contribution in [0.15, 0.2) is 35.5 Å². The molecule has 0 aromatic rings. The van der Waals surface area contributed by atoms with Gasteiger partial charge in [0.15, 0.2) is 0 Å². The second-order valence-electron chi connectivity index (χ2n) is 11.4. The van der Waals surface area contributed by atoms with Crippen molar-refractivity contribution in [1.29, 1.82) is 0 Å². The van der Waals surface area contributed by atoms with Crippen molar-refractivity contribution < 1.29 is 20.4 Å². The van der Waals surface area contributed by atoms with E-state index < -0.39 is 17.8 Å². The smallest absolute Gasteiger partial charge is 0.0811 e. The Labute approximate surface area is 211 Å². The summed E-state index contributed by atoms with van der Waals surface area (Å²) in [4.78, 5) is 0. The van der Waals surface area contributed by atoms with Crippen LogP contribution in [0.3, 0.4) is 0 Å². The van der Waals surface area contributed by atoms with E-state index >= 15 is 0 Å². The Kier molecular flexibility index (Phi) is 9.58. The number of aliphatic hydroxyl groups is 4. The fraction of sp³-hybridized carbons (Fsp3) is 0.793. The summed E-state index contributed by atoms with van der Waals surface area (Å²) in [6, 6.07) is 0. The summed E-state index contributed by atoms with van der Waals surface area (Å²) >= 11 is 1.96. The van der Waals surface area contributed by atoms with E-state index in [1.807, 2.05) is 11.8 Å². The van der Waals surface area contributed by atoms with Crippen molar-refractivity contribution in [3.8, 4) is 0 Å². The lowest BCUT2D eigenvalue weighted by Crippen LogP contribution is -2.39. The van der Waals surface area contributed by atoms with Crippen molar-refractivity contribution in [3.63, 3.8) is 0 Å². The molecule has 0 saturated heterocycles. The van der Waals surface area contributed by atoms with Gasteiger partial charge in [-0.15, -0.1) is 0 Å². The van der Waals surface area contributed by atoms with Crippen LogP contribution in [-0.4, -0.2) is 55.3 Å². The SMILES string of the molecule is C=C1/C(=C\C=C2/CCC[C@@]3(C)[C@H]2C[C@@H](O)[C@@H]3C(C)SCCCC(O)(CC)CC)C[C@@H](O)C[C@@H]1O. The molecule has 0 spiro atoms. The van der Waals surface area contributed by atoms with Crippen LogP contribution in [0.1, 0.15) is 91.9 Å². The molecular formula is C29H48O4S. The molecule has 7 atom stereocenters. The molecule has 3 aliphatic carbocycles. The Hall–Kier alpha value is -0.590. The molecule has 194 valence electrons. The van der Waals surface area contributed by atoms with Gasteiger partial charge in [-0.05, 0) is 86.0 Å². The maximum absolute atomic E-state index is 11.2.